The lowest BCUT2D eigenvalue weighted by Gasteiger charge is -2.09. The lowest BCUT2D eigenvalue weighted by molar-refractivity contribution is -0.113. The van der Waals surface area contributed by atoms with Crippen molar-refractivity contribution in [3.8, 4) is 0 Å². The Hall–Kier alpha value is -1.47. The highest BCUT2D eigenvalue weighted by Gasteiger charge is 2.36. The van der Waals surface area contributed by atoms with Crippen LogP contribution in [0.5, 0.6) is 0 Å². The average molecular weight is 361 g/mol. The molecular weight excluding hydrogens is 340 g/mol. The van der Waals surface area contributed by atoms with E-state index in [-0.39, 0.29) is 5.91 Å². The van der Waals surface area contributed by atoms with E-state index in [1.165, 1.54) is 37.4 Å². The first kappa shape index (κ1) is 16.0. The molecule has 7 heteroatoms. The largest absolute Gasteiger partial charge is 0.325 e. The molecule has 0 aliphatic heterocycles. The summed E-state index contributed by atoms with van der Waals surface area (Å²) in [6.07, 6.45) is 6.89. The molecule has 126 valence electrons. The maximum Gasteiger partial charge on any atom is 0.234 e. The van der Waals surface area contributed by atoms with Crippen LogP contribution in [0.2, 0.25) is 0 Å². The van der Waals surface area contributed by atoms with Crippen molar-refractivity contribution >= 4 is 35.1 Å². The number of hydrogen-bond donors (Lipinski definition) is 1. The molecule has 0 radical (unpaired) electrons. The van der Waals surface area contributed by atoms with Crippen molar-refractivity contribution in [1.29, 1.82) is 0 Å². The van der Waals surface area contributed by atoms with E-state index in [1.807, 2.05) is 30.5 Å². The predicted octanol–water partition coefficient (Wildman–Crippen LogP) is 3.94. The van der Waals surface area contributed by atoms with E-state index in [4.69, 9.17) is 0 Å². The van der Waals surface area contributed by atoms with Crippen LogP contribution in [0.4, 0.5) is 5.69 Å². The SMILES string of the molecule is CSc1cccc(NC(=O)CSc2nnc(C3CC3)n2C2CC2)c1. The van der Waals surface area contributed by atoms with Gasteiger partial charge in [0.15, 0.2) is 5.16 Å². The summed E-state index contributed by atoms with van der Waals surface area (Å²) in [6.45, 7) is 0. The number of rotatable bonds is 7. The smallest absolute Gasteiger partial charge is 0.234 e. The van der Waals surface area contributed by atoms with Gasteiger partial charge in [0, 0.05) is 22.5 Å². The summed E-state index contributed by atoms with van der Waals surface area (Å²) in [7, 11) is 0. The first-order chi connectivity index (χ1) is 11.7. The molecule has 2 aromatic rings. The topological polar surface area (TPSA) is 59.8 Å². The third-order valence-electron chi connectivity index (χ3n) is 4.23. The van der Waals surface area contributed by atoms with Crippen molar-refractivity contribution in [2.24, 2.45) is 0 Å². The maximum absolute atomic E-state index is 12.2. The standard InChI is InChI=1S/C17H20N4OS2/c1-23-14-4-2-3-12(9-14)18-15(22)10-24-17-20-19-16(11-5-6-11)21(17)13-7-8-13/h2-4,9,11,13H,5-8,10H2,1H3,(H,18,22). The summed E-state index contributed by atoms with van der Waals surface area (Å²) in [5.74, 6) is 2.08. The molecule has 2 saturated carbocycles. The second kappa shape index (κ2) is 6.80. The zero-order chi connectivity index (χ0) is 16.5. The van der Waals surface area contributed by atoms with Gasteiger partial charge in [-0.05, 0) is 50.1 Å². The number of benzene rings is 1. The van der Waals surface area contributed by atoms with Gasteiger partial charge < -0.3 is 9.88 Å². The van der Waals surface area contributed by atoms with Crippen molar-refractivity contribution in [3.05, 3.63) is 30.1 Å². The molecule has 1 heterocycles. The van der Waals surface area contributed by atoms with Gasteiger partial charge in [-0.1, -0.05) is 17.8 Å². The number of carbonyl (C=O) groups is 1. The highest BCUT2D eigenvalue weighted by Crippen LogP contribution is 2.45. The van der Waals surface area contributed by atoms with Crippen LogP contribution in [0.15, 0.2) is 34.3 Å². The normalized spacial score (nSPS) is 17.0. The Morgan fingerprint density at radius 3 is 2.83 bits per heavy atom. The zero-order valence-corrected chi connectivity index (χ0v) is 15.2. The summed E-state index contributed by atoms with van der Waals surface area (Å²) >= 11 is 3.16. The molecule has 4 rings (SSSR count). The first-order valence-corrected chi connectivity index (χ1v) is 10.5. The summed E-state index contributed by atoms with van der Waals surface area (Å²) in [4.78, 5) is 13.4. The van der Waals surface area contributed by atoms with Gasteiger partial charge in [-0.3, -0.25) is 4.79 Å². The van der Waals surface area contributed by atoms with Crippen molar-refractivity contribution in [2.75, 3.05) is 17.3 Å². The zero-order valence-electron chi connectivity index (χ0n) is 13.6. The Morgan fingerprint density at radius 1 is 1.29 bits per heavy atom. The fourth-order valence-electron chi connectivity index (χ4n) is 2.71. The molecule has 0 unspecified atom stereocenters. The molecule has 1 aromatic carbocycles. The number of nitrogens with zero attached hydrogens (tertiary/aromatic N) is 3. The van der Waals surface area contributed by atoms with Crippen molar-refractivity contribution < 1.29 is 4.79 Å². The quantitative estimate of drug-likeness (QED) is 0.758. The van der Waals surface area contributed by atoms with Gasteiger partial charge in [-0.15, -0.1) is 22.0 Å². The molecule has 2 aliphatic rings. The Kier molecular flexibility index (Phi) is 4.54. The maximum atomic E-state index is 12.2. The summed E-state index contributed by atoms with van der Waals surface area (Å²) in [5.41, 5.74) is 0.842. The van der Waals surface area contributed by atoms with Crippen LogP contribution in [-0.2, 0) is 4.79 Å². The van der Waals surface area contributed by atoms with Gasteiger partial charge in [0.2, 0.25) is 5.91 Å². The number of thioether (sulfide) groups is 2. The molecule has 1 amide bonds. The first-order valence-electron chi connectivity index (χ1n) is 8.26. The van der Waals surface area contributed by atoms with E-state index in [0.717, 1.165) is 21.6 Å². The van der Waals surface area contributed by atoms with E-state index in [2.05, 4.69) is 20.1 Å². The van der Waals surface area contributed by atoms with Crippen LogP contribution in [0.25, 0.3) is 0 Å². The Bertz CT molecular complexity index is 753. The van der Waals surface area contributed by atoms with E-state index in [9.17, 15) is 4.79 Å². The molecule has 24 heavy (non-hydrogen) atoms. The minimum Gasteiger partial charge on any atom is -0.325 e. The van der Waals surface area contributed by atoms with Gasteiger partial charge in [0.05, 0.1) is 5.75 Å². The molecule has 2 fully saturated rings. The van der Waals surface area contributed by atoms with Crippen molar-refractivity contribution in [1.82, 2.24) is 14.8 Å². The summed E-state index contributed by atoms with van der Waals surface area (Å²) in [5, 5.41) is 12.6. The van der Waals surface area contributed by atoms with Crippen molar-refractivity contribution in [3.63, 3.8) is 0 Å². The molecule has 0 bridgehead atoms. The number of anilines is 1. The predicted molar refractivity (Wildman–Crippen MR) is 97.8 cm³/mol. The molecule has 1 N–H and O–H groups in total. The van der Waals surface area contributed by atoms with Gasteiger partial charge in [0.1, 0.15) is 5.82 Å². The van der Waals surface area contributed by atoms with Crippen LogP contribution in [-0.4, -0.2) is 32.7 Å². The van der Waals surface area contributed by atoms with Gasteiger partial charge in [-0.2, -0.15) is 0 Å². The molecule has 5 nitrogen and oxygen atoms in total. The number of aromatic nitrogens is 3. The Balaban J connectivity index is 1.39. The minimum atomic E-state index is -0.00317. The van der Waals surface area contributed by atoms with Crippen LogP contribution >= 0.6 is 23.5 Å². The van der Waals surface area contributed by atoms with Crippen LogP contribution < -0.4 is 5.32 Å². The Labute approximate surface area is 150 Å². The highest BCUT2D eigenvalue weighted by atomic mass is 32.2. The molecule has 1 aromatic heterocycles. The molecule has 0 saturated heterocycles. The third kappa shape index (κ3) is 3.62. The van der Waals surface area contributed by atoms with Gasteiger partial charge >= 0.3 is 0 Å². The minimum absolute atomic E-state index is 0.00317. The monoisotopic (exact) mass is 360 g/mol. The lowest BCUT2D eigenvalue weighted by atomic mass is 10.3. The van der Waals surface area contributed by atoms with Crippen LogP contribution in [0, 0.1) is 0 Å². The summed E-state index contributed by atoms with van der Waals surface area (Å²) in [6, 6.07) is 8.46. The molecule has 0 atom stereocenters. The third-order valence-corrected chi connectivity index (χ3v) is 5.90. The number of carbonyl (C=O) groups excluding carboxylic acids is 1. The van der Waals surface area contributed by atoms with E-state index >= 15 is 0 Å². The fraction of sp³-hybridized carbons (Fsp3) is 0.471. The molecule has 2 aliphatic carbocycles. The number of amides is 1. The van der Waals surface area contributed by atoms with Gasteiger partial charge in [0.25, 0.3) is 0 Å². The van der Waals surface area contributed by atoms with Gasteiger partial charge in [-0.25, -0.2) is 0 Å². The second-order valence-electron chi connectivity index (χ2n) is 6.29. The molecule has 0 spiro atoms. The lowest BCUT2D eigenvalue weighted by Crippen LogP contribution is -2.14. The second-order valence-corrected chi connectivity index (χ2v) is 8.11. The van der Waals surface area contributed by atoms with E-state index in [0.29, 0.717) is 17.7 Å². The van der Waals surface area contributed by atoms with Crippen LogP contribution in [0.3, 0.4) is 0 Å². The van der Waals surface area contributed by atoms with Crippen LogP contribution in [0.1, 0.15) is 43.5 Å². The van der Waals surface area contributed by atoms with E-state index in [1.54, 1.807) is 11.8 Å². The Morgan fingerprint density at radius 2 is 2.12 bits per heavy atom. The summed E-state index contributed by atoms with van der Waals surface area (Å²) < 4.78 is 2.28. The molecular formula is C17H20N4OS2. The average Bonchev–Trinajstić information content (AvgIpc) is 3.52. The highest BCUT2D eigenvalue weighted by molar-refractivity contribution is 7.99. The van der Waals surface area contributed by atoms with Crippen molar-refractivity contribution in [2.45, 2.75) is 47.7 Å². The number of hydrogen-bond acceptors (Lipinski definition) is 5. The fourth-order valence-corrected chi connectivity index (χ4v) is 3.98. The van der Waals surface area contributed by atoms with E-state index < -0.39 is 0 Å². The number of nitrogens with one attached hydrogen (secondary N) is 1.